The molecular formula is C15H21N3O5. The van der Waals surface area contributed by atoms with Crippen LogP contribution in [0.5, 0.6) is 0 Å². The van der Waals surface area contributed by atoms with Gasteiger partial charge in [-0.15, -0.1) is 0 Å². The molecule has 1 aromatic heterocycles. The highest BCUT2D eigenvalue weighted by Crippen LogP contribution is 2.18. The normalized spacial score (nSPS) is 22.5. The third-order valence-corrected chi connectivity index (χ3v) is 3.43. The Morgan fingerprint density at radius 3 is 2.57 bits per heavy atom. The molecule has 0 saturated carbocycles. The lowest BCUT2D eigenvalue weighted by Gasteiger charge is -2.36. The third-order valence-electron chi connectivity index (χ3n) is 3.43. The van der Waals surface area contributed by atoms with E-state index in [1.54, 1.807) is 12.1 Å². The number of anilines is 1. The number of rotatable bonds is 5. The van der Waals surface area contributed by atoms with Crippen LogP contribution in [0.1, 0.15) is 31.1 Å². The van der Waals surface area contributed by atoms with Gasteiger partial charge in [-0.3, -0.25) is 9.63 Å². The molecule has 3 unspecified atom stereocenters. The lowest BCUT2D eigenvalue weighted by Crippen LogP contribution is -2.45. The number of morpholine rings is 1. The lowest BCUT2D eigenvalue weighted by atomic mass is 10.2. The van der Waals surface area contributed by atoms with Crippen LogP contribution in [-0.4, -0.2) is 53.4 Å². The third kappa shape index (κ3) is 4.64. The number of nitrogens with zero attached hydrogens (tertiary/aromatic N) is 2. The summed E-state index contributed by atoms with van der Waals surface area (Å²) in [5.41, 5.74) is 2.39. The Morgan fingerprint density at radius 1 is 1.39 bits per heavy atom. The zero-order valence-electron chi connectivity index (χ0n) is 13.4. The molecule has 1 saturated heterocycles. The van der Waals surface area contributed by atoms with Crippen LogP contribution in [0.4, 0.5) is 5.82 Å². The molecule has 1 aromatic rings. The fourth-order valence-electron chi connectivity index (χ4n) is 2.32. The maximum atomic E-state index is 11.9. The van der Waals surface area contributed by atoms with E-state index in [1.807, 2.05) is 13.8 Å². The van der Waals surface area contributed by atoms with Gasteiger partial charge in [0.05, 0.1) is 17.8 Å². The van der Waals surface area contributed by atoms with Gasteiger partial charge in [-0.2, -0.15) is 0 Å². The van der Waals surface area contributed by atoms with Gasteiger partial charge in [0, 0.05) is 19.3 Å². The number of ether oxygens (including phenoxy) is 1. The van der Waals surface area contributed by atoms with Gasteiger partial charge >= 0.3 is 5.97 Å². The molecular weight excluding hydrogens is 302 g/mol. The first-order valence-corrected chi connectivity index (χ1v) is 7.42. The number of nitrogens with one attached hydrogen (secondary N) is 1. The number of aliphatic carboxylic acids is 1. The number of pyridine rings is 1. The first-order valence-electron chi connectivity index (χ1n) is 7.42. The van der Waals surface area contributed by atoms with Gasteiger partial charge in [-0.05, 0) is 32.9 Å². The minimum Gasteiger partial charge on any atom is -0.479 e. The van der Waals surface area contributed by atoms with Crippen LogP contribution < -0.4 is 10.4 Å². The predicted octanol–water partition coefficient (Wildman–Crippen LogP) is 0.830. The summed E-state index contributed by atoms with van der Waals surface area (Å²) in [4.78, 5) is 33.6. The number of carboxylic acid groups (broad SMARTS) is 1. The number of aromatic nitrogens is 1. The Bertz CT molecular complexity index is 553. The Balaban J connectivity index is 1.96. The van der Waals surface area contributed by atoms with Crippen molar-refractivity contribution in [2.45, 2.75) is 39.1 Å². The van der Waals surface area contributed by atoms with Gasteiger partial charge in [0.1, 0.15) is 5.82 Å². The van der Waals surface area contributed by atoms with E-state index in [-0.39, 0.29) is 12.2 Å². The number of hydrogen-bond donors (Lipinski definition) is 2. The van der Waals surface area contributed by atoms with Crippen molar-refractivity contribution in [1.82, 2.24) is 10.5 Å². The Kier molecular flexibility index (Phi) is 5.51. The average Bonchev–Trinajstić information content (AvgIpc) is 2.51. The van der Waals surface area contributed by atoms with Crippen molar-refractivity contribution in [2.75, 3.05) is 18.0 Å². The van der Waals surface area contributed by atoms with Crippen LogP contribution in [0.2, 0.25) is 0 Å². The Labute approximate surface area is 134 Å². The summed E-state index contributed by atoms with van der Waals surface area (Å²) in [6, 6.07) is 3.37. The highest BCUT2D eigenvalue weighted by molar-refractivity contribution is 5.93. The molecule has 0 radical (unpaired) electrons. The molecule has 8 heteroatoms. The van der Waals surface area contributed by atoms with Gasteiger partial charge in [0.25, 0.3) is 5.91 Å². The van der Waals surface area contributed by atoms with E-state index < -0.39 is 18.0 Å². The van der Waals surface area contributed by atoms with Gasteiger partial charge in [-0.1, -0.05) is 0 Å². The number of carbonyl (C=O) groups is 2. The largest absolute Gasteiger partial charge is 0.479 e. The Hall–Kier alpha value is -2.19. The molecule has 2 rings (SSSR count). The number of carboxylic acids is 1. The first kappa shape index (κ1) is 17.2. The van der Waals surface area contributed by atoms with Crippen molar-refractivity contribution in [1.29, 1.82) is 0 Å². The van der Waals surface area contributed by atoms with Gasteiger partial charge in [0.2, 0.25) is 0 Å². The molecule has 8 nitrogen and oxygen atoms in total. The molecule has 0 aromatic carbocycles. The van der Waals surface area contributed by atoms with Crippen LogP contribution >= 0.6 is 0 Å². The van der Waals surface area contributed by atoms with Crippen molar-refractivity contribution in [3.8, 4) is 0 Å². The van der Waals surface area contributed by atoms with Crippen molar-refractivity contribution in [3.05, 3.63) is 23.9 Å². The van der Waals surface area contributed by atoms with E-state index >= 15 is 0 Å². The molecule has 1 aliphatic heterocycles. The molecule has 1 aliphatic rings. The van der Waals surface area contributed by atoms with E-state index in [2.05, 4.69) is 15.4 Å². The number of hydroxylamine groups is 1. The topological polar surface area (TPSA) is 101 Å². The lowest BCUT2D eigenvalue weighted by molar-refractivity contribution is -0.152. The molecule has 3 atom stereocenters. The van der Waals surface area contributed by atoms with Gasteiger partial charge in [0.15, 0.2) is 6.10 Å². The minimum atomic E-state index is -1.16. The summed E-state index contributed by atoms with van der Waals surface area (Å²) in [6.45, 7) is 6.81. The fourth-order valence-corrected chi connectivity index (χ4v) is 2.32. The van der Waals surface area contributed by atoms with Crippen molar-refractivity contribution in [2.24, 2.45) is 0 Å². The highest BCUT2D eigenvalue weighted by atomic mass is 16.7. The van der Waals surface area contributed by atoms with E-state index in [0.717, 1.165) is 18.9 Å². The molecule has 1 fully saturated rings. The van der Waals surface area contributed by atoms with Crippen LogP contribution in [0, 0.1) is 0 Å². The van der Waals surface area contributed by atoms with Crippen LogP contribution in [-0.2, 0) is 14.4 Å². The summed E-state index contributed by atoms with van der Waals surface area (Å²) >= 11 is 0. The number of carbonyl (C=O) groups excluding carboxylic acids is 1. The first-order chi connectivity index (χ1) is 10.9. The Morgan fingerprint density at radius 2 is 2.04 bits per heavy atom. The second-order valence-corrected chi connectivity index (χ2v) is 5.60. The number of hydrogen-bond acceptors (Lipinski definition) is 6. The van der Waals surface area contributed by atoms with Gasteiger partial charge < -0.3 is 14.7 Å². The molecule has 0 bridgehead atoms. The predicted molar refractivity (Wildman–Crippen MR) is 82.1 cm³/mol. The molecule has 2 heterocycles. The van der Waals surface area contributed by atoms with E-state index in [9.17, 15) is 9.59 Å². The van der Waals surface area contributed by atoms with Crippen LogP contribution in [0.25, 0.3) is 0 Å². The quantitative estimate of drug-likeness (QED) is 0.774. The SMILES string of the molecule is CC1CN(c2ccc(C(=O)NOC(C)C(=O)O)cn2)CC(C)O1. The van der Waals surface area contributed by atoms with Crippen LogP contribution in [0.3, 0.4) is 0 Å². The van der Waals surface area contributed by atoms with Crippen molar-refractivity contribution >= 4 is 17.7 Å². The second kappa shape index (κ2) is 7.38. The van der Waals surface area contributed by atoms with Gasteiger partial charge in [-0.25, -0.2) is 15.3 Å². The highest BCUT2D eigenvalue weighted by Gasteiger charge is 2.23. The minimum absolute atomic E-state index is 0.120. The average molecular weight is 323 g/mol. The maximum Gasteiger partial charge on any atom is 0.335 e. The molecule has 1 amide bonds. The molecule has 23 heavy (non-hydrogen) atoms. The summed E-state index contributed by atoms with van der Waals surface area (Å²) in [6.07, 6.45) is 0.552. The zero-order chi connectivity index (χ0) is 17.0. The number of amides is 1. The summed E-state index contributed by atoms with van der Waals surface area (Å²) in [7, 11) is 0. The second-order valence-electron chi connectivity index (χ2n) is 5.60. The summed E-state index contributed by atoms with van der Waals surface area (Å²) in [5.74, 6) is -0.932. The standard InChI is InChI=1S/C15H21N3O5/c1-9-7-18(8-10(2)22-9)13-5-4-12(6-16-13)14(19)17-23-11(3)15(20)21/h4-6,9-11H,7-8H2,1-3H3,(H,17,19)(H,20,21). The van der Waals surface area contributed by atoms with Crippen LogP contribution in [0.15, 0.2) is 18.3 Å². The zero-order valence-corrected chi connectivity index (χ0v) is 13.4. The molecule has 0 spiro atoms. The smallest absolute Gasteiger partial charge is 0.335 e. The van der Waals surface area contributed by atoms with E-state index in [0.29, 0.717) is 5.56 Å². The monoisotopic (exact) mass is 323 g/mol. The van der Waals surface area contributed by atoms with Crippen molar-refractivity contribution < 1.29 is 24.3 Å². The molecule has 126 valence electrons. The van der Waals surface area contributed by atoms with E-state index in [4.69, 9.17) is 14.7 Å². The molecule has 2 N–H and O–H groups in total. The van der Waals surface area contributed by atoms with Crippen molar-refractivity contribution in [3.63, 3.8) is 0 Å². The maximum absolute atomic E-state index is 11.9. The molecule has 0 aliphatic carbocycles. The summed E-state index contributed by atoms with van der Waals surface area (Å²) < 4.78 is 5.68. The van der Waals surface area contributed by atoms with E-state index in [1.165, 1.54) is 13.1 Å². The fraction of sp³-hybridized carbons (Fsp3) is 0.533. The summed E-state index contributed by atoms with van der Waals surface area (Å²) in [5, 5.41) is 8.68.